The Labute approximate surface area is 353 Å². The maximum absolute atomic E-state index is 6.23. The largest absolute Gasteiger partial charge is 0.456 e. The van der Waals surface area contributed by atoms with Gasteiger partial charge in [-0.3, -0.25) is 0 Å². The molecule has 0 saturated carbocycles. The number of anilines is 3. The van der Waals surface area contributed by atoms with E-state index >= 15 is 0 Å². The molecule has 3 heteroatoms. The molecular weight excluding hydrogens is 741 g/mol. The average molecular weight is 779 g/mol. The fourth-order valence-electron chi connectivity index (χ4n) is 9.29. The molecule has 0 spiro atoms. The molecule has 2 heterocycles. The molecule has 0 radical (unpaired) electrons. The summed E-state index contributed by atoms with van der Waals surface area (Å²) in [6, 6.07) is 82.8. The number of furan rings is 1. The first-order valence-corrected chi connectivity index (χ1v) is 20.8. The van der Waals surface area contributed by atoms with Crippen LogP contribution in [0.4, 0.5) is 17.1 Å². The lowest BCUT2D eigenvalue weighted by Gasteiger charge is -2.26. The van der Waals surface area contributed by atoms with Gasteiger partial charge in [-0.1, -0.05) is 164 Å². The van der Waals surface area contributed by atoms with Crippen LogP contribution in [0, 0.1) is 0 Å². The molecular formula is C58H38N2O. The molecule has 0 fully saturated rings. The van der Waals surface area contributed by atoms with E-state index < -0.39 is 0 Å². The minimum absolute atomic E-state index is 0.901. The molecule has 0 bridgehead atoms. The molecule has 0 atom stereocenters. The fraction of sp³-hybridized carbons (Fsp3) is 0. The Bertz CT molecular complexity index is 3540. The summed E-state index contributed by atoms with van der Waals surface area (Å²) < 4.78 is 8.65. The molecule has 3 nitrogen and oxygen atoms in total. The van der Waals surface area contributed by atoms with Crippen LogP contribution in [-0.2, 0) is 0 Å². The molecule has 0 amide bonds. The molecule has 0 N–H and O–H groups in total. The van der Waals surface area contributed by atoms with Crippen molar-refractivity contribution in [2.24, 2.45) is 0 Å². The predicted molar refractivity (Wildman–Crippen MR) is 257 cm³/mol. The molecule has 0 unspecified atom stereocenters. The fourth-order valence-corrected chi connectivity index (χ4v) is 9.29. The van der Waals surface area contributed by atoms with E-state index in [0.29, 0.717) is 0 Å². The molecule has 0 aliphatic rings. The Hall–Kier alpha value is -8.14. The zero-order chi connectivity index (χ0) is 40.3. The Kier molecular flexibility index (Phi) is 8.17. The second-order valence-electron chi connectivity index (χ2n) is 15.7. The summed E-state index contributed by atoms with van der Waals surface area (Å²) in [7, 11) is 0. The highest BCUT2D eigenvalue weighted by molar-refractivity contribution is 6.18. The van der Waals surface area contributed by atoms with Crippen LogP contribution in [0.5, 0.6) is 0 Å². The minimum atomic E-state index is 0.901. The third kappa shape index (κ3) is 5.90. The van der Waals surface area contributed by atoms with Crippen LogP contribution in [0.2, 0.25) is 0 Å². The summed E-state index contributed by atoms with van der Waals surface area (Å²) >= 11 is 0. The highest BCUT2D eigenvalue weighted by atomic mass is 16.3. The molecule has 0 aliphatic carbocycles. The number of nitrogens with zero attached hydrogens (tertiary/aromatic N) is 2. The third-order valence-electron chi connectivity index (χ3n) is 12.2. The van der Waals surface area contributed by atoms with Gasteiger partial charge in [0.1, 0.15) is 11.2 Å². The summed E-state index contributed by atoms with van der Waals surface area (Å²) in [5.74, 6) is 0. The standard InChI is InChI=1S/C58H38N2O/c1-2-11-39(12-3-1)40-21-30-45(31-22-40)59(47-36-27-44(28-37-47)49-17-10-20-56-57(49)53-16-7-9-19-55(53)61-56)46-32-23-41(24-33-46)42-25-34-48(35-26-42)60-54-18-8-6-15-51(54)52-38-29-43-13-4-5-14-50(43)58(52)60/h1-38H. The van der Waals surface area contributed by atoms with E-state index in [2.05, 4.69) is 228 Å². The third-order valence-corrected chi connectivity index (χ3v) is 12.2. The summed E-state index contributed by atoms with van der Waals surface area (Å²) in [5.41, 5.74) is 15.7. The van der Waals surface area contributed by atoms with Crippen molar-refractivity contribution in [3.63, 3.8) is 0 Å². The normalized spacial score (nSPS) is 11.6. The van der Waals surface area contributed by atoms with E-state index in [1.54, 1.807) is 0 Å². The molecule has 10 aromatic carbocycles. The van der Waals surface area contributed by atoms with Crippen molar-refractivity contribution in [2.45, 2.75) is 0 Å². The van der Waals surface area contributed by atoms with Crippen molar-refractivity contribution < 1.29 is 4.42 Å². The van der Waals surface area contributed by atoms with Crippen LogP contribution >= 0.6 is 0 Å². The Morgan fingerprint density at radius 1 is 0.328 bits per heavy atom. The van der Waals surface area contributed by atoms with Crippen molar-refractivity contribution >= 4 is 71.6 Å². The number of para-hydroxylation sites is 2. The second kappa shape index (κ2) is 14.3. The number of rotatable bonds is 7. The van der Waals surface area contributed by atoms with Crippen molar-refractivity contribution in [3.8, 4) is 39.1 Å². The van der Waals surface area contributed by atoms with E-state index in [1.165, 1.54) is 49.3 Å². The highest BCUT2D eigenvalue weighted by Crippen LogP contribution is 2.41. The summed E-state index contributed by atoms with van der Waals surface area (Å²) in [4.78, 5) is 2.34. The topological polar surface area (TPSA) is 21.3 Å². The molecule has 286 valence electrons. The van der Waals surface area contributed by atoms with Gasteiger partial charge in [-0.15, -0.1) is 0 Å². The minimum Gasteiger partial charge on any atom is -0.456 e. The lowest BCUT2D eigenvalue weighted by molar-refractivity contribution is 0.669. The van der Waals surface area contributed by atoms with Crippen LogP contribution < -0.4 is 4.90 Å². The van der Waals surface area contributed by atoms with Gasteiger partial charge >= 0.3 is 0 Å². The average Bonchev–Trinajstić information content (AvgIpc) is 3.89. The van der Waals surface area contributed by atoms with E-state index in [-0.39, 0.29) is 0 Å². The number of hydrogen-bond acceptors (Lipinski definition) is 2. The quantitative estimate of drug-likeness (QED) is 0.161. The number of aromatic nitrogens is 1. The van der Waals surface area contributed by atoms with Gasteiger partial charge in [-0.2, -0.15) is 0 Å². The van der Waals surface area contributed by atoms with Crippen LogP contribution in [0.1, 0.15) is 0 Å². The smallest absolute Gasteiger partial charge is 0.136 e. The van der Waals surface area contributed by atoms with E-state index in [9.17, 15) is 0 Å². The van der Waals surface area contributed by atoms with Crippen LogP contribution in [0.25, 0.3) is 93.6 Å². The Morgan fingerprint density at radius 3 is 1.54 bits per heavy atom. The maximum atomic E-state index is 6.23. The van der Waals surface area contributed by atoms with Gasteiger partial charge in [0.05, 0.1) is 11.0 Å². The monoisotopic (exact) mass is 778 g/mol. The maximum Gasteiger partial charge on any atom is 0.136 e. The number of benzene rings is 10. The van der Waals surface area contributed by atoms with Crippen molar-refractivity contribution in [1.82, 2.24) is 4.57 Å². The molecule has 0 aliphatic heterocycles. The lowest BCUT2D eigenvalue weighted by Crippen LogP contribution is -2.09. The van der Waals surface area contributed by atoms with Gasteiger partial charge in [0, 0.05) is 49.7 Å². The molecule has 12 rings (SSSR count). The van der Waals surface area contributed by atoms with Crippen molar-refractivity contribution in [2.75, 3.05) is 4.90 Å². The van der Waals surface area contributed by atoms with Crippen LogP contribution in [0.15, 0.2) is 235 Å². The predicted octanol–water partition coefficient (Wildman–Crippen LogP) is 16.3. The number of fused-ring (bicyclic) bond motifs is 8. The molecule has 2 aromatic heterocycles. The van der Waals surface area contributed by atoms with Gasteiger partial charge in [-0.25, -0.2) is 0 Å². The zero-order valence-corrected chi connectivity index (χ0v) is 33.2. The highest BCUT2D eigenvalue weighted by Gasteiger charge is 2.18. The lowest BCUT2D eigenvalue weighted by atomic mass is 9.99. The summed E-state index contributed by atoms with van der Waals surface area (Å²) in [6.45, 7) is 0. The van der Waals surface area contributed by atoms with Gasteiger partial charge in [-0.05, 0) is 105 Å². The van der Waals surface area contributed by atoms with Crippen molar-refractivity contribution in [3.05, 3.63) is 231 Å². The molecule has 61 heavy (non-hydrogen) atoms. The van der Waals surface area contributed by atoms with E-state index in [1.807, 2.05) is 12.1 Å². The van der Waals surface area contributed by atoms with Crippen LogP contribution in [-0.4, -0.2) is 4.57 Å². The van der Waals surface area contributed by atoms with Crippen LogP contribution in [0.3, 0.4) is 0 Å². The van der Waals surface area contributed by atoms with E-state index in [0.717, 1.165) is 61.4 Å². The first-order chi connectivity index (χ1) is 30.2. The SMILES string of the molecule is c1ccc(-c2ccc(N(c3ccc(-c4ccc(-n5c6ccccc6c6ccc7ccccc7c65)cc4)cc3)c3ccc(-c4cccc5oc6ccccc6c45)cc3)cc2)cc1. The Balaban J connectivity index is 0.911. The molecule has 0 saturated heterocycles. The van der Waals surface area contributed by atoms with Gasteiger partial charge in [0.2, 0.25) is 0 Å². The summed E-state index contributed by atoms with van der Waals surface area (Å²) in [5, 5.41) is 7.31. The first kappa shape index (κ1) is 34.9. The van der Waals surface area contributed by atoms with Gasteiger partial charge < -0.3 is 13.9 Å². The van der Waals surface area contributed by atoms with E-state index in [4.69, 9.17) is 4.42 Å². The summed E-state index contributed by atoms with van der Waals surface area (Å²) in [6.07, 6.45) is 0. The van der Waals surface area contributed by atoms with Gasteiger partial charge in [0.25, 0.3) is 0 Å². The molecule has 12 aromatic rings. The number of hydrogen-bond donors (Lipinski definition) is 0. The van der Waals surface area contributed by atoms with Gasteiger partial charge in [0.15, 0.2) is 0 Å². The van der Waals surface area contributed by atoms with Crippen molar-refractivity contribution in [1.29, 1.82) is 0 Å². The Morgan fingerprint density at radius 2 is 0.852 bits per heavy atom. The zero-order valence-electron chi connectivity index (χ0n) is 33.2. The second-order valence-corrected chi connectivity index (χ2v) is 15.7. The first-order valence-electron chi connectivity index (χ1n) is 20.8.